The summed E-state index contributed by atoms with van der Waals surface area (Å²) in [6, 6.07) is 0. The van der Waals surface area contributed by atoms with Gasteiger partial charge in [-0.15, -0.1) is 0 Å². The number of aromatic nitrogens is 2. The number of hydrogen-bond donors (Lipinski definition) is 0. The molecule has 0 aromatic carbocycles. The molecule has 1 unspecified atom stereocenters. The van der Waals surface area contributed by atoms with Gasteiger partial charge in [0, 0.05) is 18.3 Å². The van der Waals surface area contributed by atoms with Crippen molar-refractivity contribution in [1.82, 2.24) is 9.55 Å². The monoisotopic (exact) mass is 210 g/mol. The Morgan fingerprint density at radius 1 is 1.53 bits per heavy atom. The normalized spacial score (nSPS) is 12.1. The number of nitrogens with zero attached hydrogens (tertiary/aromatic N) is 2. The number of carbonyl (C=O) groups is 2. The molecule has 0 N–H and O–H groups in total. The Kier molecular flexibility index (Phi) is 4.03. The zero-order chi connectivity index (χ0) is 11.3. The Balaban J connectivity index is 2.27. The van der Waals surface area contributed by atoms with Crippen LogP contribution < -0.4 is 0 Å². The van der Waals surface area contributed by atoms with Crippen LogP contribution >= 0.6 is 0 Å². The molecule has 5 heteroatoms. The molecule has 1 rings (SSSR count). The van der Waals surface area contributed by atoms with Gasteiger partial charge in [-0.1, -0.05) is 6.92 Å². The van der Waals surface area contributed by atoms with Gasteiger partial charge < -0.3 is 4.74 Å². The Morgan fingerprint density at radius 2 is 2.27 bits per heavy atom. The average molecular weight is 210 g/mol. The van der Waals surface area contributed by atoms with Gasteiger partial charge in [-0.2, -0.15) is 0 Å². The van der Waals surface area contributed by atoms with Crippen LogP contribution in [0, 0.1) is 5.92 Å². The first-order chi connectivity index (χ1) is 7.11. The number of ether oxygens (including phenoxy) is 1. The number of hydrogen-bond acceptors (Lipinski definition) is 4. The molecular formula is C10H14N2O3. The van der Waals surface area contributed by atoms with Crippen molar-refractivity contribution in [3.63, 3.8) is 0 Å². The molecule has 5 nitrogen and oxygen atoms in total. The molecule has 0 spiro atoms. The lowest BCUT2D eigenvalue weighted by atomic mass is 10.1. The van der Waals surface area contributed by atoms with Crippen molar-refractivity contribution < 1.29 is 14.3 Å². The molecule has 1 aromatic rings. The van der Waals surface area contributed by atoms with Crippen LogP contribution in [-0.4, -0.2) is 28.0 Å². The molecule has 0 bridgehead atoms. The van der Waals surface area contributed by atoms with Crippen LogP contribution in [0.4, 0.5) is 4.79 Å². The van der Waals surface area contributed by atoms with Crippen LogP contribution in [-0.2, 0) is 9.53 Å². The fourth-order valence-electron chi connectivity index (χ4n) is 0.968. The molecule has 1 aromatic heterocycles. The SMILES string of the molecule is CC(=O)C(C)CCOC(=O)n1ccnc1. The van der Waals surface area contributed by atoms with Crippen LogP contribution in [0.25, 0.3) is 0 Å². The van der Waals surface area contributed by atoms with Gasteiger partial charge in [0.2, 0.25) is 0 Å². The fourth-order valence-corrected chi connectivity index (χ4v) is 0.968. The molecule has 1 heterocycles. The van der Waals surface area contributed by atoms with Crippen LogP contribution in [0.2, 0.25) is 0 Å². The smallest absolute Gasteiger partial charge is 0.419 e. The first kappa shape index (κ1) is 11.4. The summed E-state index contributed by atoms with van der Waals surface area (Å²) >= 11 is 0. The van der Waals surface area contributed by atoms with E-state index in [1.54, 1.807) is 0 Å². The Hall–Kier alpha value is -1.65. The van der Waals surface area contributed by atoms with E-state index in [0.717, 1.165) is 0 Å². The third-order valence-electron chi connectivity index (χ3n) is 2.19. The van der Waals surface area contributed by atoms with Gasteiger partial charge >= 0.3 is 6.09 Å². The van der Waals surface area contributed by atoms with E-state index in [-0.39, 0.29) is 18.3 Å². The van der Waals surface area contributed by atoms with Crippen molar-refractivity contribution in [1.29, 1.82) is 0 Å². The highest BCUT2D eigenvalue weighted by atomic mass is 16.5. The van der Waals surface area contributed by atoms with Gasteiger partial charge in [-0.3, -0.25) is 4.79 Å². The average Bonchev–Trinajstić information content (AvgIpc) is 2.70. The lowest BCUT2D eigenvalue weighted by Crippen LogP contribution is -2.16. The second-order valence-electron chi connectivity index (χ2n) is 3.38. The molecule has 0 radical (unpaired) electrons. The third-order valence-corrected chi connectivity index (χ3v) is 2.19. The van der Waals surface area contributed by atoms with Crippen LogP contribution in [0.1, 0.15) is 20.3 Å². The van der Waals surface area contributed by atoms with E-state index in [0.29, 0.717) is 6.42 Å². The van der Waals surface area contributed by atoms with Gasteiger partial charge in [0.1, 0.15) is 12.1 Å². The van der Waals surface area contributed by atoms with Gasteiger partial charge in [-0.25, -0.2) is 14.3 Å². The number of rotatable bonds is 4. The zero-order valence-electron chi connectivity index (χ0n) is 8.84. The van der Waals surface area contributed by atoms with Crippen molar-refractivity contribution in [3.05, 3.63) is 18.7 Å². The summed E-state index contributed by atoms with van der Waals surface area (Å²) in [5.74, 6) is 0.0364. The summed E-state index contributed by atoms with van der Waals surface area (Å²) in [4.78, 5) is 25.9. The van der Waals surface area contributed by atoms with E-state index < -0.39 is 6.09 Å². The highest BCUT2D eigenvalue weighted by Crippen LogP contribution is 2.03. The van der Waals surface area contributed by atoms with E-state index in [9.17, 15) is 9.59 Å². The van der Waals surface area contributed by atoms with Crippen molar-refractivity contribution in [2.75, 3.05) is 6.61 Å². The van der Waals surface area contributed by atoms with Crippen LogP contribution in [0.15, 0.2) is 18.7 Å². The predicted octanol–water partition coefficient (Wildman–Crippen LogP) is 1.48. The Bertz CT molecular complexity index is 332. The first-order valence-corrected chi connectivity index (χ1v) is 4.77. The number of ketones is 1. The largest absolute Gasteiger partial charge is 0.449 e. The van der Waals surface area contributed by atoms with Crippen molar-refractivity contribution in [2.45, 2.75) is 20.3 Å². The minimum Gasteiger partial charge on any atom is -0.449 e. The topological polar surface area (TPSA) is 61.2 Å². The summed E-state index contributed by atoms with van der Waals surface area (Å²) in [6.07, 6.45) is 4.46. The van der Waals surface area contributed by atoms with Crippen molar-refractivity contribution in [2.24, 2.45) is 5.92 Å². The van der Waals surface area contributed by atoms with Gasteiger partial charge in [0.25, 0.3) is 0 Å². The Labute approximate surface area is 88.1 Å². The van der Waals surface area contributed by atoms with Crippen molar-refractivity contribution >= 4 is 11.9 Å². The first-order valence-electron chi connectivity index (χ1n) is 4.77. The summed E-state index contributed by atoms with van der Waals surface area (Å²) in [5.41, 5.74) is 0. The second-order valence-corrected chi connectivity index (χ2v) is 3.38. The predicted molar refractivity (Wildman–Crippen MR) is 53.4 cm³/mol. The highest BCUT2D eigenvalue weighted by molar-refractivity contribution is 5.77. The Morgan fingerprint density at radius 3 is 2.80 bits per heavy atom. The van der Waals surface area contributed by atoms with Gasteiger partial charge in [0.15, 0.2) is 0 Å². The molecule has 15 heavy (non-hydrogen) atoms. The van der Waals surface area contributed by atoms with Crippen LogP contribution in [0.3, 0.4) is 0 Å². The molecular weight excluding hydrogens is 196 g/mol. The zero-order valence-corrected chi connectivity index (χ0v) is 8.84. The third kappa shape index (κ3) is 3.53. The van der Waals surface area contributed by atoms with Crippen molar-refractivity contribution in [3.8, 4) is 0 Å². The second kappa shape index (κ2) is 5.29. The molecule has 0 saturated heterocycles. The summed E-state index contributed by atoms with van der Waals surface area (Å²) in [5, 5.41) is 0. The molecule has 0 fully saturated rings. The van der Waals surface area contributed by atoms with E-state index >= 15 is 0 Å². The molecule has 0 saturated carbocycles. The highest BCUT2D eigenvalue weighted by Gasteiger charge is 2.09. The fraction of sp³-hybridized carbons (Fsp3) is 0.500. The molecule has 82 valence electrons. The summed E-state index contributed by atoms with van der Waals surface area (Å²) in [6.45, 7) is 3.59. The standard InChI is InChI=1S/C10H14N2O3/c1-8(9(2)13)3-6-15-10(14)12-5-4-11-7-12/h4-5,7-8H,3,6H2,1-2H3. The molecule has 1 atom stereocenters. The van der Waals surface area contributed by atoms with E-state index in [4.69, 9.17) is 4.74 Å². The molecule has 0 aliphatic carbocycles. The molecule has 0 aliphatic rings. The maximum Gasteiger partial charge on any atom is 0.419 e. The number of carbonyl (C=O) groups excluding carboxylic acids is 2. The number of imidazole rings is 1. The number of Topliss-reactive ketones (excluding diaryl/α,β-unsaturated/α-hetero) is 1. The quantitative estimate of drug-likeness (QED) is 0.755. The minimum atomic E-state index is -0.469. The maximum absolute atomic E-state index is 11.3. The van der Waals surface area contributed by atoms with Crippen LogP contribution in [0.5, 0.6) is 0 Å². The van der Waals surface area contributed by atoms with Gasteiger partial charge in [0.05, 0.1) is 6.61 Å². The lowest BCUT2D eigenvalue weighted by Gasteiger charge is -2.07. The van der Waals surface area contributed by atoms with E-state index in [1.165, 1.54) is 30.2 Å². The summed E-state index contributed by atoms with van der Waals surface area (Å²) in [7, 11) is 0. The van der Waals surface area contributed by atoms with E-state index in [2.05, 4.69) is 4.98 Å². The van der Waals surface area contributed by atoms with E-state index in [1.807, 2.05) is 6.92 Å². The minimum absolute atomic E-state index is 0.0689. The van der Waals surface area contributed by atoms with Gasteiger partial charge in [-0.05, 0) is 13.3 Å². The maximum atomic E-state index is 11.3. The molecule has 0 aliphatic heterocycles. The lowest BCUT2D eigenvalue weighted by molar-refractivity contribution is -0.120. The summed E-state index contributed by atoms with van der Waals surface area (Å²) < 4.78 is 6.19. The molecule has 0 amide bonds.